The molecule has 82 valence electrons. The second-order valence-electron chi connectivity index (χ2n) is 3.70. The second kappa shape index (κ2) is 3.56. The third kappa shape index (κ3) is 1.58. The molecule has 1 saturated heterocycles. The van der Waals surface area contributed by atoms with Crippen molar-refractivity contribution >= 4 is 6.09 Å². The molecule has 0 spiro atoms. The molecular formula is C10H15N3O2. The van der Waals surface area contributed by atoms with Gasteiger partial charge in [-0.05, 0) is 20.8 Å². The van der Waals surface area contributed by atoms with Gasteiger partial charge in [-0.15, -0.1) is 0 Å². The molecule has 2 heterocycles. The van der Waals surface area contributed by atoms with Crippen molar-refractivity contribution in [1.82, 2.24) is 15.1 Å². The lowest BCUT2D eigenvalue weighted by Gasteiger charge is -2.08. The lowest BCUT2D eigenvalue weighted by Crippen LogP contribution is -2.19. The van der Waals surface area contributed by atoms with E-state index in [0.717, 1.165) is 23.5 Å². The summed E-state index contributed by atoms with van der Waals surface area (Å²) in [4.78, 5) is 11.0. The van der Waals surface area contributed by atoms with E-state index < -0.39 is 0 Å². The average molecular weight is 209 g/mol. The Hall–Kier alpha value is -1.52. The highest BCUT2D eigenvalue weighted by atomic mass is 16.6. The van der Waals surface area contributed by atoms with Crippen molar-refractivity contribution in [2.45, 2.75) is 33.4 Å². The minimum absolute atomic E-state index is 0.0437. The molecule has 1 N–H and O–H groups in total. The molecule has 0 bridgehead atoms. The first kappa shape index (κ1) is 10.0. The fourth-order valence-corrected chi connectivity index (χ4v) is 2.06. The van der Waals surface area contributed by atoms with Crippen molar-refractivity contribution in [1.29, 1.82) is 0 Å². The Morgan fingerprint density at radius 1 is 1.60 bits per heavy atom. The molecule has 5 nitrogen and oxygen atoms in total. The number of rotatable bonds is 2. The first-order valence-electron chi connectivity index (χ1n) is 5.10. The van der Waals surface area contributed by atoms with Crippen molar-refractivity contribution in [3.8, 4) is 0 Å². The number of hydrogen-bond donors (Lipinski definition) is 1. The molecule has 0 radical (unpaired) electrons. The minimum Gasteiger partial charge on any atom is -0.447 e. The minimum atomic E-state index is -0.344. The molecule has 1 aliphatic heterocycles. The Labute approximate surface area is 88.4 Å². The third-order valence-electron chi connectivity index (χ3n) is 2.76. The zero-order valence-electron chi connectivity index (χ0n) is 9.20. The number of carbonyl (C=O) groups excluding carboxylic acids is 1. The van der Waals surface area contributed by atoms with Crippen molar-refractivity contribution < 1.29 is 9.53 Å². The average Bonchev–Trinajstić information content (AvgIpc) is 2.71. The maximum absolute atomic E-state index is 11.0. The number of alkyl carbamates (subject to hydrolysis) is 1. The zero-order valence-corrected chi connectivity index (χ0v) is 9.20. The highest BCUT2D eigenvalue weighted by molar-refractivity contribution is 5.70. The van der Waals surface area contributed by atoms with Gasteiger partial charge in [-0.3, -0.25) is 4.68 Å². The van der Waals surface area contributed by atoms with Crippen LogP contribution < -0.4 is 5.32 Å². The monoisotopic (exact) mass is 209 g/mol. The van der Waals surface area contributed by atoms with E-state index in [-0.39, 0.29) is 12.1 Å². The molecule has 1 atom stereocenters. The van der Waals surface area contributed by atoms with E-state index in [0.29, 0.717) is 6.61 Å². The number of nitrogens with one attached hydrogen (secondary N) is 1. The number of cyclic esters (lactones) is 1. The Kier molecular flexibility index (Phi) is 2.38. The van der Waals surface area contributed by atoms with Crippen molar-refractivity contribution in [2.24, 2.45) is 0 Å². The predicted octanol–water partition coefficient (Wildman–Crippen LogP) is 1.30. The maximum Gasteiger partial charge on any atom is 0.407 e. The summed E-state index contributed by atoms with van der Waals surface area (Å²) in [6.45, 7) is 7.26. The number of carbonyl (C=O) groups is 1. The SMILES string of the molecule is CCn1nc(C)c(C2COC(=O)N2)c1C. The summed E-state index contributed by atoms with van der Waals surface area (Å²) in [5.74, 6) is 0. The fourth-order valence-electron chi connectivity index (χ4n) is 2.06. The lowest BCUT2D eigenvalue weighted by atomic mass is 10.1. The molecule has 1 fully saturated rings. The predicted molar refractivity (Wildman–Crippen MR) is 54.6 cm³/mol. The largest absolute Gasteiger partial charge is 0.447 e. The van der Waals surface area contributed by atoms with Crippen molar-refractivity contribution in [3.63, 3.8) is 0 Å². The molecule has 1 unspecified atom stereocenters. The first-order valence-corrected chi connectivity index (χ1v) is 5.10. The van der Waals surface area contributed by atoms with Gasteiger partial charge in [0.1, 0.15) is 6.61 Å². The molecule has 1 aromatic heterocycles. The molecule has 15 heavy (non-hydrogen) atoms. The van der Waals surface area contributed by atoms with Gasteiger partial charge >= 0.3 is 6.09 Å². The maximum atomic E-state index is 11.0. The number of aromatic nitrogens is 2. The topological polar surface area (TPSA) is 56.2 Å². The highest BCUT2D eigenvalue weighted by Gasteiger charge is 2.28. The van der Waals surface area contributed by atoms with Gasteiger partial charge in [-0.1, -0.05) is 0 Å². The van der Waals surface area contributed by atoms with Crippen molar-refractivity contribution in [3.05, 3.63) is 17.0 Å². The van der Waals surface area contributed by atoms with Gasteiger partial charge in [0.25, 0.3) is 0 Å². The van der Waals surface area contributed by atoms with Gasteiger partial charge in [0.05, 0.1) is 11.7 Å². The summed E-state index contributed by atoms with van der Waals surface area (Å²) >= 11 is 0. The van der Waals surface area contributed by atoms with Crippen LogP contribution in [0.25, 0.3) is 0 Å². The molecule has 1 amide bonds. The van der Waals surface area contributed by atoms with Gasteiger partial charge in [-0.2, -0.15) is 5.10 Å². The fraction of sp³-hybridized carbons (Fsp3) is 0.600. The Bertz CT molecular complexity index is 398. The van der Waals surface area contributed by atoms with Crippen LogP contribution in [0.15, 0.2) is 0 Å². The van der Waals surface area contributed by atoms with Crippen LogP contribution in [0, 0.1) is 13.8 Å². The molecule has 0 aromatic carbocycles. The summed E-state index contributed by atoms with van der Waals surface area (Å²) in [5, 5.41) is 7.18. The molecule has 0 aliphatic carbocycles. The van der Waals surface area contributed by atoms with Crippen LogP contribution in [-0.4, -0.2) is 22.5 Å². The van der Waals surface area contributed by atoms with Crippen LogP contribution in [0.1, 0.15) is 29.9 Å². The van der Waals surface area contributed by atoms with Gasteiger partial charge in [0.15, 0.2) is 0 Å². The molecule has 0 saturated carbocycles. The molecular weight excluding hydrogens is 194 g/mol. The van der Waals surface area contributed by atoms with Crippen LogP contribution >= 0.6 is 0 Å². The highest BCUT2D eigenvalue weighted by Crippen LogP contribution is 2.24. The van der Waals surface area contributed by atoms with Crippen LogP contribution in [0.3, 0.4) is 0 Å². The first-order chi connectivity index (χ1) is 7.13. The van der Waals surface area contributed by atoms with Gasteiger partial charge in [0, 0.05) is 17.8 Å². The van der Waals surface area contributed by atoms with E-state index in [9.17, 15) is 4.79 Å². The van der Waals surface area contributed by atoms with Gasteiger partial charge in [0.2, 0.25) is 0 Å². The standard InChI is InChI=1S/C10H15N3O2/c1-4-13-7(3)9(6(2)12-13)8-5-15-10(14)11-8/h8H,4-5H2,1-3H3,(H,11,14). The smallest absolute Gasteiger partial charge is 0.407 e. The Morgan fingerprint density at radius 2 is 2.33 bits per heavy atom. The summed E-state index contributed by atoms with van der Waals surface area (Å²) < 4.78 is 6.83. The lowest BCUT2D eigenvalue weighted by molar-refractivity contribution is 0.177. The third-order valence-corrected chi connectivity index (χ3v) is 2.76. The molecule has 2 rings (SSSR count). The van der Waals surface area contributed by atoms with E-state index in [1.54, 1.807) is 0 Å². The van der Waals surface area contributed by atoms with Crippen LogP contribution in [0.5, 0.6) is 0 Å². The molecule has 5 heteroatoms. The zero-order chi connectivity index (χ0) is 11.0. The van der Waals surface area contributed by atoms with E-state index >= 15 is 0 Å². The number of ether oxygens (including phenoxy) is 1. The summed E-state index contributed by atoms with van der Waals surface area (Å²) in [6, 6.07) is -0.0437. The number of hydrogen-bond acceptors (Lipinski definition) is 3. The summed E-state index contributed by atoms with van der Waals surface area (Å²) in [6.07, 6.45) is -0.344. The van der Waals surface area contributed by atoms with E-state index in [2.05, 4.69) is 10.4 Å². The van der Waals surface area contributed by atoms with Gasteiger partial charge in [-0.25, -0.2) is 4.79 Å². The number of amides is 1. The van der Waals surface area contributed by atoms with E-state index in [4.69, 9.17) is 4.74 Å². The Morgan fingerprint density at radius 3 is 2.80 bits per heavy atom. The molecule has 1 aromatic rings. The Balaban J connectivity index is 2.35. The summed E-state index contributed by atoms with van der Waals surface area (Å²) in [7, 11) is 0. The van der Waals surface area contributed by atoms with Gasteiger partial charge < -0.3 is 10.1 Å². The van der Waals surface area contributed by atoms with E-state index in [1.807, 2.05) is 25.5 Å². The summed E-state index contributed by atoms with van der Waals surface area (Å²) in [5.41, 5.74) is 3.15. The van der Waals surface area contributed by atoms with Crippen LogP contribution in [0.4, 0.5) is 4.79 Å². The quantitative estimate of drug-likeness (QED) is 0.798. The van der Waals surface area contributed by atoms with Crippen LogP contribution in [-0.2, 0) is 11.3 Å². The van der Waals surface area contributed by atoms with Crippen LogP contribution in [0.2, 0.25) is 0 Å². The van der Waals surface area contributed by atoms with Crippen molar-refractivity contribution in [2.75, 3.05) is 6.61 Å². The molecule has 1 aliphatic rings. The number of aryl methyl sites for hydroxylation is 2. The number of nitrogens with zero attached hydrogens (tertiary/aromatic N) is 2. The van der Waals surface area contributed by atoms with E-state index in [1.165, 1.54) is 0 Å². The normalized spacial score (nSPS) is 20.2. The second-order valence-corrected chi connectivity index (χ2v) is 3.70.